The Bertz CT molecular complexity index is 1000. The third kappa shape index (κ3) is 51.2. The number of rotatable bonds is 52. The second-order valence-corrected chi connectivity index (χ2v) is 19.3. The van der Waals surface area contributed by atoms with Crippen LogP contribution in [-0.4, -0.2) is 34.9 Å². The van der Waals surface area contributed by atoms with Crippen molar-refractivity contribution in [3.8, 4) is 0 Å². The van der Waals surface area contributed by atoms with Crippen molar-refractivity contribution < 1.29 is 15.0 Å². The molecule has 4 heteroatoms. The van der Waals surface area contributed by atoms with E-state index in [1.54, 1.807) is 6.08 Å². The fourth-order valence-electron chi connectivity index (χ4n) is 8.75. The molecule has 0 rings (SSSR count). The van der Waals surface area contributed by atoms with Gasteiger partial charge in [0, 0.05) is 6.42 Å². The fourth-order valence-corrected chi connectivity index (χ4v) is 8.75. The zero-order valence-corrected chi connectivity index (χ0v) is 42.6. The zero-order valence-electron chi connectivity index (χ0n) is 42.6. The summed E-state index contributed by atoms with van der Waals surface area (Å²) >= 11 is 0. The van der Waals surface area contributed by atoms with Crippen LogP contribution in [0.25, 0.3) is 0 Å². The summed E-state index contributed by atoms with van der Waals surface area (Å²) < 4.78 is 0. The van der Waals surface area contributed by atoms with E-state index in [0.29, 0.717) is 6.42 Å². The highest BCUT2D eigenvalue weighted by molar-refractivity contribution is 5.76. The molecule has 0 bridgehead atoms. The summed E-state index contributed by atoms with van der Waals surface area (Å²) in [5, 5.41) is 22.9. The fraction of sp³-hybridized carbons (Fsp3) is 0.847. The lowest BCUT2D eigenvalue weighted by molar-refractivity contribution is -0.123. The highest BCUT2D eigenvalue weighted by atomic mass is 16.3. The van der Waals surface area contributed by atoms with Crippen molar-refractivity contribution >= 4 is 5.91 Å². The van der Waals surface area contributed by atoms with E-state index in [4.69, 9.17) is 0 Å². The third-order valence-corrected chi connectivity index (χ3v) is 13.0. The Hall–Kier alpha value is -1.65. The number of unbranched alkanes of at least 4 members (excludes halogenated alkanes) is 39. The van der Waals surface area contributed by atoms with Crippen molar-refractivity contribution in [3.63, 3.8) is 0 Å². The number of hydrogen-bond donors (Lipinski definition) is 3. The summed E-state index contributed by atoms with van der Waals surface area (Å²) in [6.45, 7) is 4.18. The first-order chi connectivity index (χ1) is 31.2. The number of carbonyl (C=O) groups excluding carboxylic acids is 1. The molecule has 3 N–H and O–H groups in total. The van der Waals surface area contributed by atoms with E-state index in [9.17, 15) is 15.0 Å². The predicted molar refractivity (Wildman–Crippen MR) is 281 cm³/mol. The second kappa shape index (κ2) is 54.7. The van der Waals surface area contributed by atoms with Crippen LogP contribution in [0.4, 0.5) is 0 Å². The van der Waals surface area contributed by atoms with Crippen LogP contribution in [0.5, 0.6) is 0 Å². The lowest BCUT2D eigenvalue weighted by Gasteiger charge is -2.19. The summed E-state index contributed by atoms with van der Waals surface area (Å²) in [5.74, 6) is -0.0765. The van der Waals surface area contributed by atoms with Gasteiger partial charge in [-0.1, -0.05) is 281 Å². The Kier molecular flexibility index (Phi) is 53.3. The van der Waals surface area contributed by atoms with Crippen molar-refractivity contribution in [1.29, 1.82) is 0 Å². The first kappa shape index (κ1) is 61.4. The smallest absolute Gasteiger partial charge is 0.220 e. The number of aliphatic hydroxyl groups is 2. The minimum absolute atomic E-state index is 0.0765. The van der Waals surface area contributed by atoms with Crippen molar-refractivity contribution in [1.82, 2.24) is 5.32 Å². The maximum atomic E-state index is 12.4. The van der Waals surface area contributed by atoms with Crippen LogP contribution in [0, 0.1) is 0 Å². The summed E-state index contributed by atoms with van der Waals surface area (Å²) in [7, 11) is 0. The van der Waals surface area contributed by atoms with Crippen LogP contribution < -0.4 is 5.32 Å². The third-order valence-electron chi connectivity index (χ3n) is 13.0. The quantitative estimate of drug-likeness (QED) is 0.0421. The van der Waals surface area contributed by atoms with Gasteiger partial charge >= 0.3 is 0 Å². The average Bonchev–Trinajstić information content (AvgIpc) is 3.29. The van der Waals surface area contributed by atoms with Crippen LogP contribution in [0.1, 0.15) is 303 Å². The maximum absolute atomic E-state index is 12.4. The van der Waals surface area contributed by atoms with Gasteiger partial charge in [0.1, 0.15) is 0 Å². The Morgan fingerprint density at radius 1 is 0.381 bits per heavy atom. The number of amides is 1. The highest BCUT2D eigenvalue weighted by Gasteiger charge is 2.18. The normalized spacial score (nSPS) is 13.1. The van der Waals surface area contributed by atoms with Crippen LogP contribution in [-0.2, 0) is 4.79 Å². The number of allylic oxidation sites excluding steroid dienone is 7. The Balaban J connectivity index is 3.33. The largest absolute Gasteiger partial charge is 0.394 e. The van der Waals surface area contributed by atoms with Crippen molar-refractivity contribution in [2.24, 2.45) is 0 Å². The van der Waals surface area contributed by atoms with E-state index in [-0.39, 0.29) is 12.5 Å². The first-order valence-electron chi connectivity index (χ1n) is 28.4. The lowest BCUT2D eigenvalue weighted by Crippen LogP contribution is -2.45. The van der Waals surface area contributed by atoms with Gasteiger partial charge in [0.2, 0.25) is 5.91 Å². The second-order valence-electron chi connectivity index (χ2n) is 19.3. The summed E-state index contributed by atoms with van der Waals surface area (Å²) in [4.78, 5) is 12.4. The van der Waals surface area contributed by atoms with Crippen LogP contribution in [0.2, 0.25) is 0 Å². The molecule has 0 aromatic heterocycles. The predicted octanol–water partition coefficient (Wildman–Crippen LogP) is 18.6. The molecule has 0 aromatic carbocycles. The van der Waals surface area contributed by atoms with Gasteiger partial charge < -0.3 is 15.5 Å². The Morgan fingerprint density at radius 2 is 0.667 bits per heavy atom. The average molecular weight is 883 g/mol. The number of hydrogen-bond acceptors (Lipinski definition) is 3. The molecular weight excluding hydrogens is 771 g/mol. The van der Waals surface area contributed by atoms with Gasteiger partial charge in [-0.05, 0) is 64.2 Å². The molecule has 0 saturated heterocycles. The summed E-state index contributed by atoms with van der Waals surface area (Å²) in [6, 6.07) is -0.642. The standard InChI is InChI=1S/C59H111NO3/c1-3-5-7-9-11-13-15-16-17-18-19-20-21-22-23-24-25-26-27-28-29-30-31-32-33-34-35-36-37-38-39-40-41-42-43-44-45-47-49-51-53-55-59(63)60-57(56-61)58(62)54-52-50-48-46-14-12-10-8-6-4-2/h6,8,14,18-19,46,52,54,57-58,61-62H,3-5,7,9-13,15-17,20-45,47-51,53,55-56H2,1-2H3,(H,60,63)/b8-6+,19-18-,46-14+,54-52+. The molecule has 0 fully saturated rings. The Labute approximate surface area is 394 Å². The molecule has 0 aliphatic carbocycles. The van der Waals surface area contributed by atoms with Crippen molar-refractivity contribution in [2.45, 2.75) is 315 Å². The van der Waals surface area contributed by atoms with Gasteiger partial charge in [0.15, 0.2) is 0 Å². The minimum Gasteiger partial charge on any atom is -0.394 e. The minimum atomic E-state index is -0.867. The molecule has 0 spiro atoms. The molecule has 2 atom stereocenters. The van der Waals surface area contributed by atoms with E-state index in [2.05, 4.69) is 55.6 Å². The molecular formula is C59H111NO3. The van der Waals surface area contributed by atoms with E-state index >= 15 is 0 Å². The maximum Gasteiger partial charge on any atom is 0.220 e. The van der Waals surface area contributed by atoms with Crippen molar-refractivity contribution in [3.05, 3.63) is 48.6 Å². The molecule has 0 heterocycles. The molecule has 0 aliphatic heterocycles. The van der Waals surface area contributed by atoms with E-state index < -0.39 is 12.1 Å². The molecule has 2 unspecified atom stereocenters. The Morgan fingerprint density at radius 3 is 1.00 bits per heavy atom. The van der Waals surface area contributed by atoms with Gasteiger partial charge in [-0.25, -0.2) is 0 Å². The van der Waals surface area contributed by atoms with Crippen LogP contribution in [0.3, 0.4) is 0 Å². The number of nitrogens with one attached hydrogen (secondary N) is 1. The van der Waals surface area contributed by atoms with Gasteiger partial charge in [-0.2, -0.15) is 0 Å². The van der Waals surface area contributed by atoms with Gasteiger partial charge in [-0.15, -0.1) is 0 Å². The van der Waals surface area contributed by atoms with Crippen LogP contribution >= 0.6 is 0 Å². The topological polar surface area (TPSA) is 69.6 Å². The zero-order chi connectivity index (χ0) is 45.6. The van der Waals surface area contributed by atoms with Gasteiger partial charge in [0.25, 0.3) is 0 Å². The summed E-state index contributed by atoms with van der Waals surface area (Å²) in [6.07, 6.45) is 76.1. The van der Waals surface area contributed by atoms with Gasteiger partial charge in [-0.3, -0.25) is 4.79 Å². The van der Waals surface area contributed by atoms with E-state index in [1.807, 2.05) is 6.08 Å². The lowest BCUT2D eigenvalue weighted by atomic mass is 10.0. The molecule has 0 saturated carbocycles. The van der Waals surface area contributed by atoms with Crippen LogP contribution in [0.15, 0.2) is 48.6 Å². The molecule has 4 nitrogen and oxygen atoms in total. The molecule has 1 amide bonds. The van der Waals surface area contributed by atoms with E-state index in [1.165, 1.54) is 238 Å². The van der Waals surface area contributed by atoms with E-state index in [0.717, 1.165) is 44.9 Å². The molecule has 370 valence electrons. The highest BCUT2D eigenvalue weighted by Crippen LogP contribution is 2.17. The molecule has 0 aliphatic rings. The molecule has 0 aromatic rings. The monoisotopic (exact) mass is 882 g/mol. The summed E-state index contributed by atoms with van der Waals surface area (Å²) in [5.41, 5.74) is 0. The SMILES string of the molecule is CC/C=C/CC/C=C/CC/C=C/C(O)C(CO)NC(=O)CCCCCCCCCCCCCCCCCCCCCCCCCCCCCCC/C=C\CCCCCCCCCC. The number of aliphatic hydroxyl groups excluding tert-OH is 2. The first-order valence-corrected chi connectivity index (χ1v) is 28.4. The molecule has 0 radical (unpaired) electrons. The molecule has 63 heavy (non-hydrogen) atoms. The van der Waals surface area contributed by atoms with Gasteiger partial charge in [0.05, 0.1) is 18.8 Å². The van der Waals surface area contributed by atoms with Crippen molar-refractivity contribution in [2.75, 3.05) is 6.61 Å². The number of carbonyl (C=O) groups is 1.